The van der Waals surface area contributed by atoms with Gasteiger partial charge in [-0.3, -0.25) is 9.59 Å². The van der Waals surface area contributed by atoms with Crippen molar-refractivity contribution in [2.75, 3.05) is 17.2 Å². The topological polar surface area (TPSA) is 127 Å². The molecule has 5 aromatic rings. The Bertz CT molecular complexity index is 1770. The van der Waals surface area contributed by atoms with Crippen molar-refractivity contribution < 1.29 is 29.0 Å². The van der Waals surface area contributed by atoms with Gasteiger partial charge in [0.15, 0.2) is 0 Å². The summed E-state index contributed by atoms with van der Waals surface area (Å²) in [5.41, 5.74) is 2.81. The van der Waals surface area contributed by atoms with E-state index in [1.54, 1.807) is 36.5 Å². The zero-order valence-corrected chi connectivity index (χ0v) is 23.4. The number of hydrogen-bond acceptors (Lipinski definition) is 6. The molecule has 216 valence electrons. The van der Waals surface area contributed by atoms with Crippen LogP contribution in [0, 0.1) is 0 Å². The Morgan fingerprint density at radius 1 is 0.791 bits per heavy atom. The van der Waals surface area contributed by atoms with Crippen LogP contribution in [0.4, 0.5) is 11.4 Å². The molecule has 0 spiro atoms. The fourth-order valence-corrected chi connectivity index (χ4v) is 4.45. The molecule has 0 aliphatic carbocycles. The zero-order chi connectivity index (χ0) is 30.2. The van der Waals surface area contributed by atoms with Gasteiger partial charge in [0, 0.05) is 31.3 Å². The molecule has 3 N–H and O–H groups in total. The molecule has 0 saturated heterocycles. The van der Waals surface area contributed by atoms with Crippen molar-refractivity contribution in [2.24, 2.45) is 0 Å². The summed E-state index contributed by atoms with van der Waals surface area (Å²) < 4.78 is 11.9. The lowest BCUT2D eigenvalue weighted by Gasteiger charge is -2.10. The van der Waals surface area contributed by atoms with Crippen LogP contribution < -0.4 is 20.1 Å². The van der Waals surface area contributed by atoms with Gasteiger partial charge in [-0.2, -0.15) is 0 Å². The van der Waals surface area contributed by atoms with E-state index in [0.29, 0.717) is 23.8 Å². The number of anilines is 2. The van der Waals surface area contributed by atoms with E-state index >= 15 is 0 Å². The lowest BCUT2D eigenvalue weighted by atomic mass is 10.1. The third-order valence-corrected chi connectivity index (χ3v) is 6.53. The summed E-state index contributed by atoms with van der Waals surface area (Å²) in [6.07, 6.45) is 2.33. The predicted octanol–water partition coefficient (Wildman–Crippen LogP) is 6.49. The highest BCUT2D eigenvalue weighted by atomic mass is 16.5. The van der Waals surface area contributed by atoms with E-state index in [1.807, 2.05) is 60.7 Å². The largest absolute Gasteiger partial charge is 0.493 e. The van der Waals surface area contributed by atoms with Crippen molar-refractivity contribution in [1.29, 1.82) is 0 Å². The van der Waals surface area contributed by atoms with Gasteiger partial charge >= 0.3 is 5.97 Å². The lowest BCUT2D eigenvalue weighted by Crippen LogP contribution is -2.16. The zero-order valence-electron chi connectivity index (χ0n) is 23.4. The maximum absolute atomic E-state index is 12.5. The monoisotopic (exact) mass is 575 g/mol. The number of carbonyl (C=O) groups excluding carboxylic acids is 2. The van der Waals surface area contributed by atoms with Gasteiger partial charge in [0.1, 0.15) is 11.5 Å². The Morgan fingerprint density at radius 2 is 1.49 bits per heavy atom. The molecule has 0 aliphatic heterocycles. The number of aromatic nitrogens is 1. The molecular formula is C34H29N3O6. The number of benzene rings is 4. The van der Waals surface area contributed by atoms with Crippen LogP contribution in [0.25, 0.3) is 10.8 Å². The van der Waals surface area contributed by atoms with Crippen LogP contribution in [0.2, 0.25) is 0 Å². The van der Waals surface area contributed by atoms with E-state index in [4.69, 9.17) is 9.47 Å². The van der Waals surface area contributed by atoms with E-state index in [-0.39, 0.29) is 29.5 Å². The minimum atomic E-state index is -1.11. The molecule has 0 saturated carbocycles. The second kappa shape index (κ2) is 13.3. The molecule has 0 aliphatic rings. The quantitative estimate of drug-likeness (QED) is 0.164. The normalized spacial score (nSPS) is 10.6. The van der Waals surface area contributed by atoms with E-state index in [2.05, 4.69) is 15.6 Å². The first-order valence-corrected chi connectivity index (χ1v) is 13.6. The fourth-order valence-electron chi connectivity index (χ4n) is 4.45. The average Bonchev–Trinajstić information content (AvgIpc) is 2.99. The van der Waals surface area contributed by atoms with Gasteiger partial charge < -0.3 is 25.2 Å². The van der Waals surface area contributed by atoms with Gasteiger partial charge in [0.2, 0.25) is 17.7 Å². The first-order valence-electron chi connectivity index (χ1n) is 13.6. The molecule has 0 atom stereocenters. The molecule has 2 amide bonds. The highest BCUT2D eigenvalue weighted by molar-refractivity contribution is 6.01. The molecule has 1 heterocycles. The molecule has 9 nitrogen and oxygen atoms in total. The van der Waals surface area contributed by atoms with Crippen LogP contribution in [0.1, 0.15) is 28.4 Å². The van der Waals surface area contributed by atoms with Crippen molar-refractivity contribution in [1.82, 2.24) is 4.98 Å². The van der Waals surface area contributed by atoms with Crippen LogP contribution >= 0.6 is 0 Å². The molecule has 1 aromatic heterocycles. The number of ether oxygens (including phenoxy) is 2. The summed E-state index contributed by atoms with van der Waals surface area (Å²) in [5, 5.41) is 16.7. The highest BCUT2D eigenvalue weighted by Crippen LogP contribution is 2.28. The van der Waals surface area contributed by atoms with Crippen molar-refractivity contribution in [3.8, 4) is 17.4 Å². The number of nitrogens with zero attached hydrogens (tertiary/aromatic N) is 1. The number of carbonyl (C=O) groups is 3. The maximum atomic E-state index is 12.5. The number of carboxylic acids is 1. The Labute approximate surface area is 248 Å². The Kier molecular flexibility index (Phi) is 8.92. The van der Waals surface area contributed by atoms with Crippen molar-refractivity contribution in [2.45, 2.75) is 19.8 Å². The number of para-hydroxylation sites is 1. The van der Waals surface area contributed by atoms with E-state index in [1.165, 1.54) is 13.0 Å². The molecule has 9 heteroatoms. The third-order valence-electron chi connectivity index (χ3n) is 6.53. The number of rotatable bonds is 11. The van der Waals surface area contributed by atoms with Crippen molar-refractivity contribution >= 4 is 39.9 Å². The number of carboxylic acid groups (broad SMARTS) is 1. The Hall–Kier alpha value is -5.70. The number of fused-ring (bicyclic) bond motifs is 1. The number of pyridine rings is 1. The highest BCUT2D eigenvalue weighted by Gasteiger charge is 2.12. The molecule has 0 radical (unpaired) electrons. The first-order chi connectivity index (χ1) is 20.8. The van der Waals surface area contributed by atoms with Crippen LogP contribution in [-0.2, 0) is 22.4 Å². The number of nitrogens with one attached hydrogen (secondary N) is 2. The van der Waals surface area contributed by atoms with E-state index in [0.717, 1.165) is 34.2 Å². The van der Waals surface area contributed by atoms with E-state index in [9.17, 15) is 19.5 Å². The molecule has 0 unspecified atom stereocenters. The van der Waals surface area contributed by atoms with Gasteiger partial charge in [-0.05, 0) is 70.4 Å². The minimum Gasteiger partial charge on any atom is -0.493 e. The number of hydrogen-bond donors (Lipinski definition) is 3. The van der Waals surface area contributed by atoms with Crippen LogP contribution in [0.3, 0.4) is 0 Å². The number of amides is 2. The van der Waals surface area contributed by atoms with Crippen LogP contribution in [-0.4, -0.2) is 34.5 Å². The summed E-state index contributed by atoms with van der Waals surface area (Å²) in [7, 11) is 0. The third kappa shape index (κ3) is 7.95. The van der Waals surface area contributed by atoms with Gasteiger partial charge in [-0.15, -0.1) is 0 Å². The second-order valence-electron chi connectivity index (χ2n) is 9.83. The standard InChI is InChI=1S/C34H29N3O6/c1-22(38)36-27-11-6-23(7-12-27)16-17-42-28-13-9-26-20-29(14-10-25(26)19-28)43-33-15-8-24(21-35-33)18-32(39)37-31-5-3-2-4-30(31)34(40)41/h2-15,19-21H,16-18H2,1H3,(H,36,38)(H,37,39)(H,40,41). The summed E-state index contributed by atoms with van der Waals surface area (Å²) >= 11 is 0. The molecule has 0 fully saturated rings. The average molecular weight is 576 g/mol. The maximum Gasteiger partial charge on any atom is 0.337 e. The molecule has 43 heavy (non-hydrogen) atoms. The van der Waals surface area contributed by atoms with Gasteiger partial charge in [0.05, 0.1) is 24.3 Å². The Balaban J connectivity index is 1.13. The van der Waals surface area contributed by atoms with Crippen molar-refractivity contribution in [3.05, 3.63) is 120 Å². The molecule has 5 rings (SSSR count). The smallest absolute Gasteiger partial charge is 0.337 e. The summed E-state index contributed by atoms with van der Waals surface area (Å²) in [6.45, 7) is 2.00. The van der Waals surface area contributed by atoms with Crippen molar-refractivity contribution in [3.63, 3.8) is 0 Å². The first kappa shape index (κ1) is 28.8. The summed E-state index contributed by atoms with van der Waals surface area (Å²) in [6, 6.07) is 29.0. The lowest BCUT2D eigenvalue weighted by molar-refractivity contribution is -0.116. The molecular weight excluding hydrogens is 546 g/mol. The second-order valence-corrected chi connectivity index (χ2v) is 9.83. The molecule has 4 aromatic carbocycles. The molecule has 0 bridgehead atoms. The van der Waals surface area contributed by atoms with Gasteiger partial charge in [0.25, 0.3) is 0 Å². The minimum absolute atomic E-state index is 0.0278. The SMILES string of the molecule is CC(=O)Nc1ccc(CCOc2ccc3cc(Oc4ccc(CC(=O)Nc5ccccc5C(=O)O)cn4)ccc3c2)cc1. The number of aromatic carboxylic acids is 1. The summed E-state index contributed by atoms with van der Waals surface area (Å²) in [5.74, 6) is 0.210. The summed E-state index contributed by atoms with van der Waals surface area (Å²) in [4.78, 5) is 39.3. The van der Waals surface area contributed by atoms with Gasteiger partial charge in [-0.25, -0.2) is 9.78 Å². The van der Waals surface area contributed by atoms with Crippen LogP contribution in [0.15, 0.2) is 103 Å². The fraction of sp³-hybridized carbons (Fsp3) is 0.118. The van der Waals surface area contributed by atoms with Crippen LogP contribution in [0.5, 0.6) is 17.4 Å². The Morgan fingerprint density at radius 3 is 2.19 bits per heavy atom. The van der Waals surface area contributed by atoms with E-state index < -0.39 is 5.97 Å². The predicted molar refractivity (Wildman–Crippen MR) is 164 cm³/mol. The van der Waals surface area contributed by atoms with Gasteiger partial charge in [-0.1, -0.05) is 42.5 Å².